The summed E-state index contributed by atoms with van der Waals surface area (Å²) in [5, 5.41) is 11.2. The predicted molar refractivity (Wildman–Crippen MR) is 66.8 cm³/mol. The molecule has 2 atom stereocenters. The third kappa shape index (κ3) is 2.57. The van der Waals surface area contributed by atoms with Crippen molar-refractivity contribution < 1.29 is 5.11 Å². The van der Waals surface area contributed by atoms with Gasteiger partial charge in [0.25, 0.3) is 0 Å². The minimum atomic E-state index is -0.598. The second-order valence-electron chi connectivity index (χ2n) is 5.00. The maximum atomic E-state index is 10.5. The molecule has 1 aromatic carbocycles. The number of likely N-dealkylation sites (tertiary alicyclic amines) is 1. The number of hydrogen-bond acceptors (Lipinski definition) is 2. The minimum absolute atomic E-state index is 0.448. The van der Waals surface area contributed by atoms with Crippen LogP contribution in [-0.2, 0) is 6.42 Å². The van der Waals surface area contributed by atoms with E-state index in [0.717, 1.165) is 23.6 Å². The summed E-state index contributed by atoms with van der Waals surface area (Å²) in [5.74, 6) is 0. The van der Waals surface area contributed by atoms with Crippen LogP contribution >= 0.6 is 11.6 Å². The molecule has 1 N–H and O–H groups in total. The number of β-amino-alcohol motifs (C(OH)–C–C–N with tert-alkyl or cyclic N) is 1. The molecule has 1 heterocycles. The standard InChI is InChI=1S/C13H18ClNO/c1-10-7-13(16,9-15(10)2)8-11-4-3-5-12(14)6-11/h3-6,10,16H,7-9H2,1-2H3. The van der Waals surface area contributed by atoms with Gasteiger partial charge in [-0.05, 0) is 38.1 Å². The number of likely N-dealkylation sites (N-methyl/N-ethyl adjacent to an activating group) is 1. The summed E-state index contributed by atoms with van der Waals surface area (Å²) in [4.78, 5) is 2.20. The summed E-state index contributed by atoms with van der Waals surface area (Å²) in [7, 11) is 2.06. The molecule has 1 aliphatic heterocycles. The zero-order valence-corrected chi connectivity index (χ0v) is 10.5. The molecule has 0 bridgehead atoms. The van der Waals surface area contributed by atoms with E-state index in [2.05, 4.69) is 18.9 Å². The molecule has 2 nitrogen and oxygen atoms in total. The lowest BCUT2D eigenvalue weighted by Gasteiger charge is -2.22. The molecule has 0 spiro atoms. The zero-order chi connectivity index (χ0) is 11.8. The van der Waals surface area contributed by atoms with Gasteiger partial charge >= 0.3 is 0 Å². The Balaban J connectivity index is 2.10. The van der Waals surface area contributed by atoms with E-state index < -0.39 is 5.60 Å². The van der Waals surface area contributed by atoms with Crippen LogP contribution in [0.15, 0.2) is 24.3 Å². The molecule has 16 heavy (non-hydrogen) atoms. The molecular formula is C13H18ClNO. The molecule has 2 unspecified atom stereocenters. The second kappa shape index (κ2) is 4.36. The van der Waals surface area contributed by atoms with Crippen molar-refractivity contribution in [3.63, 3.8) is 0 Å². The Hall–Kier alpha value is -0.570. The first kappa shape index (κ1) is 11.9. The van der Waals surface area contributed by atoms with E-state index >= 15 is 0 Å². The molecule has 0 amide bonds. The first-order chi connectivity index (χ1) is 7.48. The van der Waals surface area contributed by atoms with Crippen molar-refractivity contribution in [2.75, 3.05) is 13.6 Å². The molecule has 0 saturated carbocycles. The van der Waals surface area contributed by atoms with E-state index in [1.165, 1.54) is 0 Å². The minimum Gasteiger partial charge on any atom is -0.388 e. The first-order valence-corrected chi connectivity index (χ1v) is 6.03. The Morgan fingerprint density at radius 2 is 2.31 bits per heavy atom. The lowest BCUT2D eigenvalue weighted by Crippen LogP contribution is -2.34. The molecule has 2 rings (SSSR count). The normalized spacial score (nSPS) is 30.9. The Kier molecular flexibility index (Phi) is 3.24. The van der Waals surface area contributed by atoms with Gasteiger partial charge in [-0.25, -0.2) is 0 Å². The van der Waals surface area contributed by atoms with Gasteiger partial charge in [0, 0.05) is 24.0 Å². The molecule has 1 saturated heterocycles. The lowest BCUT2D eigenvalue weighted by molar-refractivity contribution is 0.0521. The van der Waals surface area contributed by atoms with E-state index in [1.54, 1.807) is 0 Å². The fourth-order valence-corrected chi connectivity index (χ4v) is 2.76. The molecule has 1 fully saturated rings. The number of nitrogens with zero attached hydrogens (tertiary/aromatic N) is 1. The molecule has 1 aromatic rings. The molecular weight excluding hydrogens is 222 g/mol. The predicted octanol–water partition coefficient (Wildman–Crippen LogP) is 2.34. The number of halogens is 1. The van der Waals surface area contributed by atoms with Crippen molar-refractivity contribution in [3.05, 3.63) is 34.9 Å². The summed E-state index contributed by atoms with van der Waals surface area (Å²) in [6.07, 6.45) is 1.51. The van der Waals surface area contributed by atoms with Crippen LogP contribution in [0.2, 0.25) is 5.02 Å². The maximum Gasteiger partial charge on any atom is 0.0828 e. The number of rotatable bonds is 2. The van der Waals surface area contributed by atoms with Crippen LogP contribution in [0.3, 0.4) is 0 Å². The average molecular weight is 240 g/mol. The highest BCUT2D eigenvalue weighted by molar-refractivity contribution is 6.30. The smallest absolute Gasteiger partial charge is 0.0828 e. The van der Waals surface area contributed by atoms with Gasteiger partial charge in [0.1, 0.15) is 0 Å². The summed E-state index contributed by atoms with van der Waals surface area (Å²) >= 11 is 5.94. The van der Waals surface area contributed by atoms with Gasteiger partial charge in [-0.15, -0.1) is 0 Å². The molecule has 1 aliphatic rings. The fourth-order valence-electron chi connectivity index (χ4n) is 2.55. The van der Waals surface area contributed by atoms with Crippen LogP contribution in [0.1, 0.15) is 18.9 Å². The fraction of sp³-hybridized carbons (Fsp3) is 0.538. The molecule has 88 valence electrons. The van der Waals surface area contributed by atoms with Crippen molar-refractivity contribution in [1.82, 2.24) is 4.90 Å². The summed E-state index contributed by atoms with van der Waals surface area (Å²) in [5.41, 5.74) is 0.510. The van der Waals surface area contributed by atoms with Gasteiger partial charge in [0.05, 0.1) is 5.60 Å². The average Bonchev–Trinajstić information content (AvgIpc) is 2.40. The van der Waals surface area contributed by atoms with Gasteiger partial charge in [-0.3, -0.25) is 0 Å². The van der Waals surface area contributed by atoms with Crippen molar-refractivity contribution in [3.8, 4) is 0 Å². The van der Waals surface area contributed by atoms with Crippen LogP contribution in [-0.4, -0.2) is 35.2 Å². The summed E-state index contributed by atoms with van der Waals surface area (Å²) in [6.45, 7) is 2.89. The van der Waals surface area contributed by atoms with E-state index in [1.807, 2.05) is 24.3 Å². The van der Waals surface area contributed by atoms with E-state index in [4.69, 9.17) is 11.6 Å². The zero-order valence-electron chi connectivity index (χ0n) is 9.78. The molecule has 0 aliphatic carbocycles. The van der Waals surface area contributed by atoms with Crippen LogP contribution in [0.5, 0.6) is 0 Å². The number of benzene rings is 1. The van der Waals surface area contributed by atoms with Gasteiger partial charge < -0.3 is 10.0 Å². The van der Waals surface area contributed by atoms with Crippen LogP contribution < -0.4 is 0 Å². The van der Waals surface area contributed by atoms with E-state index in [-0.39, 0.29) is 0 Å². The lowest BCUT2D eigenvalue weighted by atomic mass is 9.92. The number of hydrogen-bond donors (Lipinski definition) is 1. The van der Waals surface area contributed by atoms with E-state index in [0.29, 0.717) is 12.5 Å². The maximum absolute atomic E-state index is 10.5. The summed E-state index contributed by atoms with van der Waals surface area (Å²) in [6, 6.07) is 8.20. The topological polar surface area (TPSA) is 23.5 Å². The molecule has 0 radical (unpaired) electrons. The Morgan fingerprint density at radius 3 is 2.88 bits per heavy atom. The largest absolute Gasteiger partial charge is 0.388 e. The third-order valence-corrected chi connectivity index (χ3v) is 3.63. The van der Waals surface area contributed by atoms with Crippen LogP contribution in [0, 0.1) is 0 Å². The number of aliphatic hydroxyl groups is 1. The van der Waals surface area contributed by atoms with E-state index in [9.17, 15) is 5.11 Å². The summed E-state index contributed by atoms with van der Waals surface area (Å²) < 4.78 is 0. The Bertz CT molecular complexity index is 370. The quantitative estimate of drug-likeness (QED) is 0.857. The van der Waals surface area contributed by atoms with Crippen LogP contribution in [0.25, 0.3) is 0 Å². The monoisotopic (exact) mass is 239 g/mol. The first-order valence-electron chi connectivity index (χ1n) is 5.66. The van der Waals surface area contributed by atoms with Gasteiger partial charge in [0.15, 0.2) is 0 Å². The van der Waals surface area contributed by atoms with Crippen molar-refractivity contribution in [2.45, 2.75) is 31.4 Å². The Morgan fingerprint density at radius 1 is 1.56 bits per heavy atom. The SMILES string of the molecule is CC1CC(O)(Cc2cccc(Cl)c2)CN1C. The van der Waals surface area contributed by atoms with Crippen molar-refractivity contribution in [2.24, 2.45) is 0 Å². The van der Waals surface area contributed by atoms with Gasteiger partial charge in [-0.2, -0.15) is 0 Å². The van der Waals surface area contributed by atoms with Gasteiger partial charge in [0.2, 0.25) is 0 Å². The Labute approximate surface area is 102 Å². The third-order valence-electron chi connectivity index (χ3n) is 3.39. The second-order valence-corrected chi connectivity index (χ2v) is 5.44. The highest BCUT2D eigenvalue weighted by Crippen LogP contribution is 2.29. The van der Waals surface area contributed by atoms with Crippen molar-refractivity contribution in [1.29, 1.82) is 0 Å². The molecule has 0 aromatic heterocycles. The highest BCUT2D eigenvalue weighted by atomic mass is 35.5. The highest BCUT2D eigenvalue weighted by Gasteiger charge is 2.38. The van der Waals surface area contributed by atoms with Crippen LogP contribution in [0.4, 0.5) is 0 Å². The van der Waals surface area contributed by atoms with Gasteiger partial charge in [-0.1, -0.05) is 23.7 Å². The molecule has 3 heteroatoms. The van der Waals surface area contributed by atoms with Crippen molar-refractivity contribution >= 4 is 11.6 Å².